The van der Waals surface area contributed by atoms with Crippen LogP contribution in [0.15, 0.2) is 48.8 Å². The molecule has 6 nitrogen and oxygen atoms in total. The number of hydrogen-bond acceptors (Lipinski definition) is 5. The second kappa shape index (κ2) is 9.02. The highest BCUT2D eigenvalue weighted by Gasteiger charge is 2.47. The lowest BCUT2D eigenvalue weighted by Gasteiger charge is -2.35. The third-order valence-corrected chi connectivity index (χ3v) is 7.03. The topological polar surface area (TPSA) is 69.3 Å². The zero-order valence-electron chi connectivity index (χ0n) is 17.6. The molecule has 1 aromatic heterocycles. The number of fused-ring (bicyclic) bond motifs is 1. The molecule has 5 atom stereocenters. The van der Waals surface area contributed by atoms with E-state index in [1.54, 1.807) is 12.4 Å². The van der Waals surface area contributed by atoms with Crippen molar-refractivity contribution in [3.05, 3.63) is 59.9 Å². The maximum Gasteiger partial charge on any atom is 0.243 e. The maximum absolute atomic E-state index is 14.8. The molecule has 2 aliphatic heterocycles. The lowest BCUT2D eigenvalue weighted by molar-refractivity contribution is -0.119. The average molecular weight is 424 g/mol. The summed E-state index contributed by atoms with van der Waals surface area (Å²) < 4.78 is 14.8. The summed E-state index contributed by atoms with van der Waals surface area (Å²) in [5.41, 5.74) is 9.25. The number of halogens is 1. The summed E-state index contributed by atoms with van der Waals surface area (Å²) in [5, 5.41) is 3.04. The molecule has 1 saturated carbocycles. The van der Waals surface area contributed by atoms with Crippen LogP contribution in [0.3, 0.4) is 0 Å². The normalized spacial score (nSPS) is 30.8. The van der Waals surface area contributed by atoms with Gasteiger partial charge in [0.25, 0.3) is 0 Å². The number of likely N-dealkylation sites (tertiary alicyclic amines) is 1. The molecule has 0 spiro atoms. The Morgan fingerprint density at radius 2 is 1.94 bits per heavy atom. The maximum atomic E-state index is 14.8. The predicted octanol–water partition coefficient (Wildman–Crippen LogP) is 2.99. The third-order valence-electron chi connectivity index (χ3n) is 7.03. The number of nitrogens with zero attached hydrogens (tertiary/aromatic N) is 2. The number of amides is 1. The second-order valence-corrected chi connectivity index (χ2v) is 9.09. The number of carbonyl (C=O) groups excluding carboxylic acids is 1. The Kier molecular flexibility index (Phi) is 5.98. The summed E-state index contributed by atoms with van der Waals surface area (Å²) in [6.45, 7) is 3.30. The first-order chi connectivity index (χ1) is 15.2. The van der Waals surface area contributed by atoms with Crippen LogP contribution in [-0.4, -0.2) is 47.1 Å². The molecule has 7 heteroatoms. The van der Waals surface area contributed by atoms with Crippen LogP contribution in [0.5, 0.6) is 0 Å². The monoisotopic (exact) mass is 423 g/mol. The third kappa shape index (κ3) is 4.49. The molecule has 164 valence electrons. The molecular formula is C24H30FN5O. The number of alkyl halides is 1. The van der Waals surface area contributed by atoms with Crippen LogP contribution in [0.2, 0.25) is 0 Å². The molecule has 1 aliphatic carbocycles. The fourth-order valence-electron chi connectivity index (χ4n) is 5.34. The highest BCUT2D eigenvalue weighted by molar-refractivity contribution is 5.95. The van der Waals surface area contributed by atoms with Gasteiger partial charge in [0, 0.05) is 42.5 Å². The van der Waals surface area contributed by atoms with E-state index in [2.05, 4.69) is 38.2 Å². The lowest BCUT2D eigenvalue weighted by atomic mass is 9.72. The Morgan fingerprint density at radius 3 is 2.68 bits per heavy atom. The van der Waals surface area contributed by atoms with E-state index in [1.165, 1.54) is 31.5 Å². The number of nitrogens with one attached hydrogen (secondary N) is 3. The summed E-state index contributed by atoms with van der Waals surface area (Å²) in [4.78, 5) is 19.6. The van der Waals surface area contributed by atoms with E-state index in [9.17, 15) is 9.18 Å². The van der Waals surface area contributed by atoms with Gasteiger partial charge in [0.2, 0.25) is 5.91 Å². The van der Waals surface area contributed by atoms with E-state index < -0.39 is 6.17 Å². The summed E-state index contributed by atoms with van der Waals surface area (Å²) in [7, 11) is 0. The van der Waals surface area contributed by atoms with E-state index in [0.717, 1.165) is 17.8 Å². The van der Waals surface area contributed by atoms with Crippen molar-refractivity contribution in [2.45, 2.75) is 56.4 Å². The van der Waals surface area contributed by atoms with E-state index in [0.29, 0.717) is 12.8 Å². The van der Waals surface area contributed by atoms with Gasteiger partial charge in [-0.15, -0.1) is 0 Å². The Hall–Kier alpha value is -2.35. The quantitative estimate of drug-likeness (QED) is 0.690. The lowest BCUT2D eigenvalue weighted by Crippen LogP contribution is -2.43. The van der Waals surface area contributed by atoms with Gasteiger partial charge < -0.3 is 5.32 Å². The largest absolute Gasteiger partial charge is 0.325 e. The van der Waals surface area contributed by atoms with Gasteiger partial charge in [-0.2, -0.15) is 0 Å². The number of aromatic nitrogens is 1. The fourth-order valence-corrected chi connectivity index (χ4v) is 5.34. The van der Waals surface area contributed by atoms with Crippen LogP contribution >= 0.6 is 0 Å². The Bertz CT molecular complexity index is 887. The molecule has 5 unspecified atom stereocenters. The van der Waals surface area contributed by atoms with Crippen molar-refractivity contribution < 1.29 is 9.18 Å². The van der Waals surface area contributed by atoms with E-state index in [4.69, 9.17) is 0 Å². The number of hydrogen-bond donors (Lipinski definition) is 3. The molecule has 5 rings (SSSR count). The van der Waals surface area contributed by atoms with Gasteiger partial charge in [-0.1, -0.05) is 18.2 Å². The number of carbonyl (C=O) groups is 1. The number of hydrazine groups is 1. The van der Waals surface area contributed by atoms with Gasteiger partial charge in [0.05, 0.1) is 0 Å². The zero-order valence-corrected chi connectivity index (χ0v) is 17.6. The SMILES string of the molecule is O=C(Nc1ccc(CN2CCCC2)cc1)C1NNC2CC(F)C(c3cccnc3)CC21. The molecular weight excluding hydrogens is 393 g/mol. The van der Waals surface area contributed by atoms with Gasteiger partial charge in [0.15, 0.2) is 0 Å². The van der Waals surface area contributed by atoms with Crippen LogP contribution in [0.1, 0.15) is 42.7 Å². The van der Waals surface area contributed by atoms with Crippen molar-refractivity contribution in [1.29, 1.82) is 0 Å². The zero-order chi connectivity index (χ0) is 21.2. The molecule has 1 aromatic carbocycles. The average Bonchev–Trinajstić information content (AvgIpc) is 3.44. The summed E-state index contributed by atoms with van der Waals surface area (Å²) >= 11 is 0. The molecule has 31 heavy (non-hydrogen) atoms. The van der Waals surface area contributed by atoms with Crippen LogP contribution < -0.4 is 16.2 Å². The molecule has 0 bridgehead atoms. The standard InChI is InChI=1S/C24H30FN5O/c25-21-13-22-20(12-19(21)17-4-3-9-26-14-17)23(29-28-22)24(31)27-18-7-5-16(6-8-18)15-30-10-1-2-11-30/h3-9,14,19-23,28-29H,1-2,10-13,15H2,(H,27,31). The molecule has 3 N–H and O–H groups in total. The highest BCUT2D eigenvalue weighted by Crippen LogP contribution is 2.41. The predicted molar refractivity (Wildman–Crippen MR) is 118 cm³/mol. The number of rotatable bonds is 5. The number of anilines is 1. The van der Waals surface area contributed by atoms with Crippen molar-refractivity contribution in [3.8, 4) is 0 Å². The van der Waals surface area contributed by atoms with Crippen molar-refractivity contribution in [2.24, 2.45) is 5.92 Å². The van der Waals surface area contributed by atoms with Gasteiger partial charge in [0.1, 0.15) is 12.2 Å². The van der Waals surface area contributed by atoms with E-state index >= 15 is 0 Å². The first-order valence-electron chi connectivity index (χ1n) is 11.3. The highest BCUT2D eigenvalue weighted by atomic mass is 19.1. The molecule has 1 amide bonds. The van der Waals surface area contributed by atoms with Crippen molar-refractivity contribution in [3.63, 3.8) is 0 Å². The Morgan fingerprint density at radius 1 is 1.13 bits per heavy atom. The molecule has 2 saturated heterocycles. The minimum absolute atomic E-state index is 0.0339. The molecule has 0 radical (unpaired) electrons. The first-order valence-corrected chi connectivity index (χ1v) is 11.3. The van der Waals surface area contributed by atoms with Crippen molar-refractivity contribution in [1.82, 2.24) is 20.7 Å². The molecule has 3 heterocycles. The minimum atomic E-state index is -0.940. The second-order valence-electron chi connectivity index (χ2n) is 9.09. The van der Waals surface area contributed by atoms with Crippen LogP contribution in [0.4, 0.5) is 10.1 Å². The minimum Gasteiger partial charge on any atom is -0.325 e. The fraction of sp³-hybridized carbons (Fsp3) is 0.500. The van der Waals surface area contributed by atoms with Gasteiger partial charge in [-0.3, -0.25) is 20.1 Å². The number of pyridine rings is 1. The summed E-state index contributed by atoms with van der Waals surface area (Å²) in [5.74, 6) is -0.266. The van der Waals surface area contributed by atoms with Crippen LogP contribution in [0, 0.1) is 5.92 Å². The smallest absolute Gasteiger partial charge is 0.243 e. The molecule has 2 aromatic rings. The van der Waals surface area contributed by atoms with Gasteiger partial charge >= 0.3 is 0 Å². The summed E-state index contributed by atoms with van der Waals surface area (Å²) in [6.07, 6.45) is 6.08. The van der Waals surface area contributed by atoms with Gasteiger partial charge in [-0.25, -0.2) is 9.82 Å². The van der Waals surface area contributed by atoms with Crippen LogP contribution in [-0.2, 0) is 11.3 Å². The van der Waals surface area contributed by atoms with E-state index in [1.807, 2.05) is 24.3 Å². The molecule has 3 aliphatic rings. The number of benzene rings is 1. The van der Waals surface area contributed by atoms with Crippen LogP contribution in [0.25, 0.3) is 0 Å². The van der Waals surface area contributed by atoms with Gasteiger partial charge in [-0.05, 0) is 68.1 Å². The summed E-state index contributed by atoms with van der Waals surface area (Å²) in [6, 6.07) is 11.5. The van der Waals surface area contributed by atoms with Crippen molar-refractivity contribution in [2.75, 3.05) is 18.4 Å². The first kappa shape index (κ1) is 20.5. The molecule has 3 fully saturated rings. The van der Waals surface area contributed by atoms with Crippen molar-refractivity contribution >= 4 is 11.6 Å². The Balaban J connectivity index is 1.22. The Labute approximate surface area is 182 Å². The van der Waals surface area contributed by atoms with E-state index in [-0.39, 0.29) is 29.8 Å².